The van der Waals surface area contributed by atoms with Crippen LogP contribution in [0.3, 0.4) is 0 Å². The van der Waals surface area contributed by atoms with Crippen molar-refractivity contribution in [1.29, 1.82) is 0 Å². The molecule has 0 aliphatic rings. The largest absolute Gasteiger partial charge is 0.468 e. The van der Waals surface area contributed by atoms with Gasteiger partial charge >= 0.3 is 5.97 Å². The minimum absolute atomic E-state index is 0.569. The molecule has 0 aliphatic carbocycles. The number of hydrogen-bond acceptors (Lipinski definition) is 4. The van der Waals surface area contributed by atoms with E-state index in [-0.39, 0.29) is 0 Å². The average molecular weight is 275 g/mol. The Morgan fingerprint density at radius 3 is 2.47 bits per heavy atom. The zero-order valence-electron chi connectivity index (χ0n) is 9.09. The van der Waals surface area contributed by atoms with Gasteiger partial charge in [-0.05, 0) is 23.8 Å². The Kier molecular flexibility index (Phi) is 4.72. The van der Waals surface area contributed by atoms with Gasteiger partial charge in [0.15, 0.2) is 15.6 Å². The highest BCUT2D eigenvalue weighted by Gasteiger charge is 2.13. The summed E-state index contributed by atoms with van der Waals surface area (Å²) < 4.78 is 27.1. The number of halogens is 1. The first kappa shape index (κ1) is 13.7. The Balaban J connectivity index is 2.76. The molecule has 0 saturated heterocycles. The molecule has 0 fully saturated rings. The van der Waals surface area contributed by atoms with Crippen LogP contribution in [0.2, 0.25) is 5.02 Å². The van der Waals surface area contributed by atoms with Gasteiger partial charge in [-0.25, -0.2) is 8.42 Å². The van der Waals surface area contributed by atoms with E-state index in [9.17, 15) is 13.2 Å². The van der Waals surface area contributed by atoms with Crippen LogP contribution in [0.1, 0.15) is 5.56 Å². The summed E-state index contributed by atoms with van der Waals surface area (Å²) in [6.45, 7) is 0. The smallest absolute Gasteiger partial charge is 0.321 e. The fourth-order valence-electron chi connectivity index (χ4n) is 1.03. The zero-order valence-corrected chi connectivity index (χ0v) is 10.7. The summed E-state index contributed by atoms with van der Waals surface area (Å²) in [6.07, 6.45) is 1.40. The molecule has 4 nitrogen and oxygen atoms in total. The van der Waals surface area contributed by atoms with Crippen LogP contribution < -0.4 is 0 Å². The van der Waals surface area contributed by atoms with E-state index in [1.807, 2.05) is 0 Å². The van der Waals surface area contributed by atoms with Crippen molar-refractivity contribution in [2.24, 2.45) is 0 Å². The number of rotatable bonds is 4. The summed E-state index contributed by atoms with van der Waals surface area (Å²) in [5.74, 6) is -1.45. The molecule has 0 radical (unpaired) electrons. The number of carbonyl (C=O) groups is 1. The van der Waals surface area contributed by atoms with Gasteiger partial charge in [0.2, 0.25) is 0 Å². The molecular formula is C11H11ClO4S. The lowest BCUT2D eigenvalue weighted by Gasteiger charge is -1.97. The Bertz CT molecular complexity index is 517. The molecule has 17 heavy (non-hydrogen) atoms. The van der Waals surface area contributed by atoms with Crippen molar-refractivity contribution in [2.45, 2.75) is 0 Å². The van der Waals surface area contributed by atoms with Crippen molar-refractivity contribution < 1.29 is 17.9 Å². The van der Waals surface area contributed by atoms with Crippen molar-refractivity contribution in [3.05, 3.63) is 40.3 Å². The molecule has 1 aromatic rings. The van der Waals surface area contributed by atoms with E-state index in [1.54, 1.807) is 24.3 Å². The van der Waals surface area contributed by atoms with Crippen LogP contribution in [0.15, 0.2) is 29.7 Å². The molecule has 0 amide bonds. The van der Waals surface area contributed by atoms with Gasteiger partial charge in [0, 0.05) is 10.4 Å². The topological polar surface area (TPSA) is 60.4 Å². The van der Waals surface area contributed by atoms with Crippen molar-refractivity contribution in [2.75, 3.05) is 12.9 Å². The number of carbonyl (C=O) groups excluding carboxylic acids is 1. The summed E-state index contributed by atoms with van der Waals surface area (Å²) in [7, 11) is -2.45. The minimum Gasteiger partial charge on any atom is -0.468 e. The van der Waals surface area contributed by atoms with Crippen LogP contribution in [0.25, 0.3) is 6.08 Å². The first-order valence-electron chi connectivity index (χ1n) is 4.66. The van der Waals surface area contributed by atoms with Gasteiger partial charge in [-0.15, -0.1) is 0 Å². The maximum atomic E-state index is 11.4. The summed E-state index contributed by atoms with van der Waals surface area (Å²) in [5, 5.41) is 1.55. The van der Waals surface area contributed by atoms with Crippen LogP contribution in [-0.2, 0) is 19.4 Å². The van der Waals surface area contributed by atoms with Gasteiger partial charge < -0.3 is 4.74 Å². The van der Waals surface area contributed by atoms with Gasteiger partial charge in [0.1, 0.15) is 0 Å². The quantitative estimate of drug-likeness (QED) is 0.787. The van der Waals surface area contributed by atoms with Crippen molar-refractivity contribution in [3.8, 4) is 0 Å². The number of sulfone groups is 1. The van der Waals surface area contributed by atoms with E-state index in [0.717, 1.165) is 12.5 Å². The molecular weight excluding hydrogens is 264 g/mol. The monoisotopic (exact) mass is 274 g/mol. The Hall–Kier alpha value is -1.33. The standard InChI is InChI=1S/C11H11ClO4S/c1-16-11(13)8-17(14,15)7-6-9-2-4-10(12)5-3-9/h2-7H,8H2,1H3/b7-6-. The van der Waals surface area contributed by atoms with Gasteiger partial charge in [0.05, 0.1) is 7.11 Å². The maximum Gasteiger partial charge on any atom is 0.321 e. The Labute approximate surface area is 105 Å². The van der Waals surface area contributed by atoms with E-state index >= 15 is 0 Å². The predicted octanol–water partition coefficient (Wildman–Crippen LogP) is 1.90. The van der Waals surface area contributed by atoms with Crippen LogP contribution in [0.4, 0.5) is 0 Å². The summed E-state index contributed by atoms with van der Waals surface area (Å²) in [4.78, 5) is 10.8. The normalized spacial score (nSPS) is 11.6. The summed E-state index contributed by atoms with van der Waals surface area (Å²) in [6, 6.07) is 6.64. The Morgan fingerprint density at radius 2 is 1.94 bits per heavy atom. The lowest BCUT2D eigenvalue weighted by atomic mass is 10.2. The van der Waals surface area contributed by atoms with Crippen molar-refractivity contribution in [3.63, 3.8) is 0 Å². The highest BCUT2D eigenvalue weighted by molar-refractivity contribution is 7.95. The lowest BCUT2D eigenvalue weighted by molar-refractivity contribution is -0.137. The van der Waals surface area contributed by atoms with E-state index in [1.165, 1.54) is 6.08 Å². The molecule has 6 heteroatoms. The average Bonchev–Trinajstić information content (AvgIpc) is 2.28. The van der Waals surface area contributed by atoms with Gasteiger partial charge in [0.25, 0.3) is 0 Å². The number of esters is 1. The van der Waals surface area contributed by atoms with Crippen molar-refractivity contribution >= 4 is 33.5 Å². The molecule has 1 rings (SSSR count). The molecule has 0 spiro atoms. The third-order valence-electron chi connectivity index (χ3n) is 1.88. The molecule has 0 atom stereocenters. The van der Waals surface area contributed by atoms with E-state index in [0.29, 0.717) is 10.6 Å². The fraction of sp³-hybridized carbons (Fsp3) is 0.182. The number of ether oxygens (including phenoxy) is 1. The number of benzene rings is 1. The molecule has 0 unspecified atom stereocenters. The number of hydrogen-bond donors (Lipinski definition) is 0. The van der Waals surface area contributed by atoms with E-state index in [2.05, 4.69) is 4.74 Å². The predicted molar refractivity (Wildman–Crippen MR) is 66.3 cm³/mol. The van der Waals surface area contributed by atoms with E-state index in [4.69, 9.17) is 11.6 Å². The SMILES string of the molecule is COC(=O)CS(=O)(=O)/C=C\c1ccc(Cl)cc1. The molecule has 0 saturated carbocycles. The molecule has 1 aromatic carbocycles. The van der Waals surface area contributed by atoms with Crippen molar-refractivity contribution in [1.82, 2.24) is 0 Å². The van der Waals surface area contributed by atoms with Crippen LogP contribution >= 0.6 is 11.6 Å². The number of methoxy groups -OCH3 is 1. The van der Waals surface area contributed by atoms with E-state index < -0.39 is 21.6 Å². The van der Waals surface area contributed by atoms with Gasteiger partial charge in [-0.3, -0.25) is 4.79 Å². The lowest BCUT2D eigenvalue weighted by Crippen LogP contribution is -2.14. The molecule has 0 N–H and O–H groups in total. The maximum absolute atomic E-state index is 11.4. The zero-order chi connectivity index (χ0) is 12.9. The van der Waals surface area contributed by atoms with Crippen LogP contribution in [0, 0.1) is 0 Å². The second kappa shape index (κ2) is 5.84. The molecule has 0 aromatic heterocycles. The molecule has 0 aliphatic heterocycles. The summed E-state index contributed by atoms with van der Waals surface area (Å²) in [5.41, 5.74) is 0.683. The molecule has 0 bridgehead atoms. The highest BCUT2D eigenvalue weighted by Crippen LogP contribution is 2.11. The third-order valence-corrected chi connectivity index (χ3v) is 3.33. The van der Waals surface area contributed by atoms with Crippen LogP contribution in [-0.4, -0.2) is 27.2 Å². The Morgan fingerprint density at radius 1 is 1.35 bits per heavy atom. The molecule has 0 heterocycles. The summed E-state index contributed by atoms with van der Waals surface area (Å²) >= 11 is 5.69. The van der Waals surface area contributed by atoms with Gasteiger partial charge in [-0.1, -0.05) is 23.7 Å². The first-order chi connectivity index (χ1) is 7.93. The highest BCUT2D eigenvalue weighted by atomic mass is 35.5. The first-order valence-corrected chi connectivity index (χ1v) is 6.75. The fourth-order valence-corrected chi connectivity index (χ4v) is 2.06. The minimum atomic E-state index is -3.59. The second-order valence-electron chi connectivity index (χ2n) is 3.24. The second-order valence-corrected chi connectivity index (χ2v) is 5.56. The van der Waals surface area contributed by atoms with Gasteiger partial charge in [-0.2, -0.15) is 0 Å². The third kappa shape index (κ3) is 5.01. The van der Waals surface area contributed by atoms with Crippen LogP contribution in [0.5, 0.6) is 0 Å². The molecule has 92 valence electrons.